The van der Waals surface area contributed by atoms with Crippen molar-refractivity contribution < 1.29 is 19.2 Å². The largest absolute Gasteiger partial charge is 0.432 e. The number of hydroxylamine groups is 2. The summed E-state index contributed by atoms with van der Waals surface area (Å²) in [5, 5.41) is 3.37. The predicted molar refractivity (Wildman–Crippen MR) is 73.4 cm³/mol. The summed E-state index contributed by atoms with van der Waals surface area (Å²) < 4.78 is 0. The van der Waals surface area contributed by atoms with Crippen LogP contribution in [-0.2, 0) is 14.4 Å². The van der Waals surface area contributed by atoms with Crippen LogP contribution in [0, 0.1) is 11.8 Å². The molecule has 0 aliphatic carbocycles. The summed E-state index contributed by atoms with van der Waals surface area (Å²) in [6.45, 7) is 10.1. The lowest BCUT2D eigenvalue weighted by molar-refractivity contribution is -0.172. The molecule has 1 saturated heterocycles. The lowest BCUT2D eigenvalue weighted by atomic mass is 9.76. The zero-order valence-electron chi connectivity index (χ0n) is 12.9. The van der Waals surface area contributed by atoms with E-state index in [1.807, 2.05) is 34.6 Å². The van der Waals surface area contributed by atoms with Crippen LogP contribution in [0.25, 0.3) is 0 Å². The van der Waals surface area contributed by atoms with E-state index in [0.29, 0.717) is 5.06 Å². The van der Waals surface area contributed by atoms with Crippen molar-refractivity contribution in [1.29, 1.82) is 0 Å². The van der Waals surface area contributed by atoms with E-state index in [1.165, 1.54) is 0 Å². The van der Waals surface area contributed by atoms with Crippen LogP contribution < -0.4 is 5.32 Å². The van der Waals surface area contributed by atoms with Gasteiger partial charge in [-0.2, -0.15) is 0 Å². The standard InChI is InChI=1S/C14H24N2O4/c1-6-10(4)14(5,9(2)3)15-13(19)20-16-11(17)7-8-12(16)18/h9-10H,6-8H2,1-5H3,(H,15,19). The second kappa shape index (κ2) is 6.24. The fraction of sp³-hybridized carbons (Fsp3) is 0.786. The molecule has 1 aliphatic rings. The van der Waals surface area contributed by atoms with Crippen molar-refractivity contribution in [2.24, 2.45) is 11.8 Å². The van der Waals surface area contributed by atoms with Gasteiger partial charge < -0.3 is 10.2 Å². The number of carbonyl (C=O) groups excluding carboxylic acids is 3. The molecule has 6 nitrogen and oxygen atoms in total. The minimum atomic E-state index is -0.759. The minimum absolute atomic E-state index is 0.0962. The Labute approximate surface area is 119 Å². The summed E-state index contributed by atoms with van der Waals surface area (Å²) in [4.78, 5) is 39.6. The molecular formula is C14H24N2O4. The van der Waals surface area contributed by atoms with Crippen molar-refractivity contribution in [2.75, 3.05) is 0 Å². The maximum atomic E-state index is 12.0. The highest BCUT2D eigenvalue weighted by Gasteiger charge is 2.38. The molecule has 6 heteroatoms. The van der Waals surface area contributed by atoms with Crippen LogP contribution in [0.5, 0.6) is 0 Å². The molecule has 0 aromatic heterocycles. The molecule has 3 amide bonds. The lowest BCUT2D eigenvalue weighted by Gasteiger charge is -2.39. The highest BCUT2D eigenvalue weighted by molar-refractivity contribution is 6.01. The zero-order chi connectivity index (χ0) is 15.5. The molecule has 0 radical (unpaired) electrons. The van der Waals surface area contributed by atoms with Crippen molar-refractivity contribution >= 4 is 17.9 Å². The Bertz CT molecular complexity index is 392. The molecule has 0 saturated carbocycles. The molecule has 1 heterocycles. The van der Waals surface area contributed by atoms with Crippen molar-refractivity contribution in [3.63, 3.8) is 0 Å². The smallest absolute Gasteiger partial charge is 0.314 e. The summed E-state index contributed by atoms with van der Waals surface area (Å²) in [6, 6.07) is 0. The van der Waals surface area contributed by atoms with Crippen molar-refractivity contribution in [3.8, 4) is 0 Å². The van der Waals surface area contributed by atoms with E-state index in [2.05, 4.69) is 5.32 Å². The maximum Gasteiger partial charge on any atom is 0.432 e. The number of hydrogen-bond acceptors (Lipinski definition) is 4. The topological polar surface area (TPSA) is 75.7 Å². The second-order valence-corrected chi connectivity index (χ2v) is 5.83. The predicted octanol–water partition coefficient (Wildman–Crippen LogP) is 2.24. The van der Waals surface area contributed by atoms with Gasteiger partial charge in [-0.25, -0.2) is 4.79 Å². The first-order valence-corrected chi connectivity index (χ1v) is 7.08. The van der Waals surface area contributed by atoms with Gasteiger partial charge in [-0.1, -0.05) is 34.1 Å². The number of imide groups is 1. The SMILES string of the molecule is CCC(C)C(C)(NC(=O)ON1C(=O)CCC1=O)C(C)C. The average Bonchev–Trinajstić information content (AvgIpc) is 2.69. The molecule has 0 bridgehead atoms. The molecule has 0 spiro atoms. The summed E-state index contributed by atoms with van der Waals surface area (Å²) in [7, 11) is 0. The Morgan fingerprint density at radius 3 is 2.20 bits per heavy atom. The van der Waals surface area contributed by atoms with E-state index in [9.17, 15) is 14.4 Å². The number of nitrogens with zero attached hydrogens (tertiary/aromatic N) is 1. The Morgan fingerprint density at radius 1 is 1.30 bits per heavy atom. The number of nitrogens with one attached hydrogen (secondary N) is 1. The Morgan fingerprint density at radius 2 is 1.80 bits per heavy atom. The third-order valence-electron chi connectivity index (χ3n) is 4.39. The number of amides is 3. The third kappa shape index (κ3) is 3.29. The molecule has 2 atom stereocenters. The first-order valence-electron chi connectivity index (χ1n) is 7.08. The van der Waals surface area contributed by atoms with E-state index in [0.717, 1.165) is 6.42 Å². The average molecular weight is 284 g/mol. The van der Waals surface area contributed by atoms with E-state index in [1.54, 1.807) is 0 Å². The van der Waals surface area contributed by atoms with E-state index in [4.69, 9.17) is 4.84 Å². The number of carbonyl (C=O) groups is 3. The van der Waals surface area contributed by atoms with Gasteiger partial charge in [0.2, 0.25) is 0 Å². The number of hydrogen-bond donors (Lipinski definition) is 1. The van der Waals surface area contributed by atoms with Gasteiger partial charge in [-0.15, -0.1) is 5.06 Å². The molecular weight excluding hydrogens is 260 g/mol. The van der Waals surface area contributed by atoms with Gasteiger partial charge in [0, 0.05) is 18.4 Å². The molecule has 0 aromatic carbocycles. The Hall–Kier alpha value is -1.59. The summed E-state index contributed by atoms with van der Waals surface area (Å²) >= 11 is 0. The quantitative estimate of drug-likeness (QED) is 0.785. The van der Waals surface area contributed by atoms with Crippen molar-refractivity contribution in [3.05, 3.63) is 0 Å². The molecule has 20 heavy (non-hydrogen) atoms. The zero-order valence-corrected chi connectivity index (χ0v) is 12.9. The molecule has 1 aliphatic heterocycles. The summed E-state index contributed by atoms with van der Waals surface area (Å²) in [5.74, 6) is -0.519. The van der Waals surface area contributed by atoms with Gasteiger partial charge in [0.1, 0.15) is 0 Å². The lowest BCUT2D eigenvalue weighted by Crippen LogP contribution is -2.55. The van der Waals surface area contributed by atoms with Gasteiger partial charge in [-0.05, 0) is 18.8 Å². The van der Waals surface area contributed by atoms with E-state index >= 15 is 0 Å². The molecule has 1 N–H and O–H groups in total. The van der Waals surface area contributed by atoms with Crippen LogP contribution in [0.15, 0.2) is 0 Å². The molecule has 2 unspecified atom stereocenters. The van der Waals surface area contributed by atoms with Gasteiger partial charge >= 0.3 is 6.09 Å². The van der Waals surface area contributed by atoms with Crippen molar-refractivity contribution in [1.82, 2.24) is 10.4 Å². The van der Waals surface area contributed by atoms with Gasteiger partial charge in [0.15, 0.2) is 0 Å². The highest BCUT2D eigenvalue weighted by atomic mass is 16.7. The highest BCUT2D eigenvalue weighted by Crippen LogP contribution is 2.28. The van der Waals surface area contributed by atoms with E-state index in [-0.39, 0.29) is 24.7 Å². The first-order chi connectivity index (χ1) is 9.22. The fourth-order valence-corrected chi connectivity index (χ4v) is 2.24. The molecule has 114 valence electrons. The van der Waals surface area contributed by atoms with Crippen molar-refractivity contribution in [2.45, 2.75) is 59.4 Å². The first kappa shape index (κ1) is 16.5. The monoisotopic (exact) mass is 284 g/mol. The summed E-state index contributed by atoms with van der Waals surface area (Å²) in [5.41, 5.74) is -0.461. The van der Waals surface area contributed by atoms with E-state index < -0.39 is 23.4 Å². The number of rotatable bonds is 5. The minimum Gasteiger partial charge on any atom is -0.314 e. The Kier molecular flexibility index (Phi) is 5.14. The molecule has 0 aromatic rings. The second-order valence-electron chi connectivity index (χ2n) is 5.83. The normalized spacial score (nSPS) is 20.0. The fourth-order valence-electron chi connectivity index (χ4n) is 2.24. The Balaban J connectivity index is 2.72. The summed E-state index contributed by atoms with van der Waals surface area (Å²) in [6.07, 6.45) is 0.332. The van der Waals surface area contributed by atoms with Gasteiger partial charge in [0.25, 0.3) is 11.8 Å². The van der Waals surface area contributed by atoms with Gasteiger partial charge in [0.05, 0.1) is 0 Å². The van der Waals surface area contributed by atoms with Crippen LogP contribution in [0.4, 0.5) is 4.79 Å². The van der Waals surface area contributed by atoms with Gasteiger partial charge in [-0.3, -0.25) is 9.59 Å². The van der Waals surface area contributed by atoms with Crippen LogP contribution in [-0.4, -0.2) is 28.5 Å². The maximum absolute atomic E-state index is 12.0. The van der Waals surface area contributed by atoms with Crippen LogP contribution in [0.1, 0.15) is 53.9 Å². The molecule has 1 fully saturated rings. The van der Waals surface area contributed by atoms with Crippen LogP contribution >= 0.6 is 0 Å². The van der Waals surface area contributed by atoms with Crippen LogP contribution in [0.2, 0.25) is 0 Å². The third-order valence-corrected chi connectivity index (χ3v) is 4.39. The molecule has 1 rings (SSSR count). The van der Waals surface area contributed by atoms with Crippen LogP contribution in [0.3, 0.4) is 0 Å².